The minimum Gasteiger partial charge on any atom is -0.491 e. The second-order valence-electron chi connectivity index (χ2n) is 7.99. The summed E-state index contributed by atoms with van der Waals surface area (Å²) in [6.45, 7) is 3.47. The molecule has 0 radical (unpaired) electrons. The highest BCUT2D eigenvalue weighted by molar-refractivity contribution is 6.04. The third-order valence-electron chi connectivity index (χ3n) is 5.99. The number of carbonyl (C=O) groups is 1. The molecule has 3 aromatic rings. The summed E-state index contributed by atoms with van der Waals surface area (Å²) in [4.78, 5) is 24.7. The first-order valence-corrected chi connectivity index (χ1v) is 10.3. The highest BCUT2D eigenvalue weighted by Gasteiger charge is 2.32. The van der Waals surface area contributed by atoms with Crippen LogP contribution in [0.2, 0.25) is 0 Å². The van der Waals surface area contributed by atoms with Crippen LogP contribution in [0.15, 0.2) is 29.2 Å². The van der Waals surface area contributed by atoms with Crippen molar-refractivity contribution in [2.75, 3.05) is 12.3 Å². The Labute approximate surface area is 177 Å². The Balaban J connectivity index is 1.91. The maximum Gasteiger partial charge on any atom is 0.341 e. The number of aromatic carboxylic acids is 1. The molecular weight excluding hydrogens is 401 g/mol. The molecule has 160 valence electrons. The lowest BCUT2D eigenvalue weighted by atomic mass is 9.95. The molecule has 2 aliphatic rings. The van der Waals surface area contributed by atoms with E-state index in [0.29, 0.717) is 17.6 Å². The van der Waals surface area contributed by atoms with Gasteiger partial charge >= 0.3 is 5.97 Å². The van der Waals surface area contributed by atoms with Crippen LogP contribution < -0.4 is 21.2 Å². The third-order valence-corrected chi connectivity index (χ3v) is 5.99. The number of hydrogen-bond donors (Lipinski definition) is 3. The summed E-state index contributed by atoms with van der Waals surface area (Å²) in [5.41, 5.74) is 7.93. The summed E-state index contributed by atoms with van der Waals surface area (Å²) in [5, 5.41) is 12.6. The molecule has 0 bridgehead atoms. The van der Waals surface area contributed by atoms with Crippen LogP contribution >= 0.6 is 0 Å². The Kier molecular flexibility index (Phi) is 4.48. The van der Waals surface area contributed by atoms with E-state index < -0.39 is 22.8 Å². The van der Waals surface area contributed by atoms with Gasteiger partial charge in [-0.05, 0) is 42.5 Å². The quantitative estimate of drug-likeness (QED) is 0.543. The van der Waals surface area contributed by atoms with E-state index in [2.05, 4.69) is 5.32 Å². The zero-order valence-corrected chi connectivity index (χ0v) is 17.0. The number of ether oxygens (including phenoxy) is 1. The van der Waals surface area contributed by atoms with Crippen LogP contribution in [0.4, 0.5) is 10.1 Å². The van der Waals surface area contributed by atoms with Crippen molar-refractivity contribution in [1.82, 2.24) is 9.88 Å². The van der Waals surface area contributed by atoms with Gasteiger partial charge in [0.15, 0.2) is 11.6 Å². The maximum absolute atomic E-state index is 15.7. The average molecular weight is 423 g/mol. The molecule has 5 rings (SSSR count). The highest BCUT2D eigenvalue weighted by atomic mass is 19.1. The number of benzene rings is 2. The van der Waals surface area contributed by atoms with Crippen LogP contribution in [0.1, 0.15) is 47.3 Å². The van der Waals surface area contributed by atoms with Gasteiger partial charge in [0.1, 0.15) is 5.56 Å². The first-order valence-electron chi connectivity index (χ1n) is 10.3. The van der Waals surface area contributed by atoms with E-state index >= 15 is 4.39 Å². The number of nitrogens with zero attached hydrogens (tertiary/aromatic N) is 1. The molecule has 0 unspecified atom stereocenters. The average Bonchev–Trinajstić information content (AvgIpc) is 3.48. The van der Waals surface area contributed by atoms with Gasteiger partial charge in [-0.3, -0.25) is 4.79 Å². The number of fused-ring (bicyclic) bond motifs is 2. The minimum absolute atomic E-state index is 0.0161. The van der Waals surface area contributed by atoms with Gasteiger partial charge in [-0.15, -0.1) is 0 Å². The molecule has 0 spiro atoms. The number of hydrogen-bond acceptors (Lipinski definition) is 5. The first kappa shape index (κ1) is 19.6. The van der Waals surface area contributed by atoms with Crippen LogP contribution in [0.25, 0.3) is 22.0 Å². The summed E-state index contributed by atoms with van der Waals surface area (Å²) < 4.78 is 23.3. The van der Waals surface area contributed by atoms with Crippen LogP contribution in [-0.2, 0) is 13.1 Å². The van der Waals surface area contributed by atoms with Gasteiger partial charge < -0.3 is 25.5 Å². The predicted molar refractivity (Wildman–Crippen MR) is 115 cm³/mol. The van der Waals surface area contributed by atoms with Crippen LogP contribution in [-0.4, -0.2) is 22.2 Å². The van der Waals surface area contributed by atoms with Crippen molar-refractivity contribution in [1.29, 1.82) is 0 Å². The lowest BCUT2D eigenvalue weighted by Crippen LogP contribution is -2.21. The molecule has 0 amide bonds. The topological polar surface area (TPSA) is 107 Å². The molecule has 1 aromatic heterocycles. The lowest BCUT2D eigenvalue weighted by molar-refractivity contribution is 0.0695. The van der Waals surface area contributed by atoms with Crippen molar-refractivity contribution in [3.63, 3.8) is 0 Å². The number of rotatable bonds is 5. The Morgan fingerprint density at radius 3 is 2.74 bits per heavy atom. The largest absolute Gasteiger partial charge is 0.491 e. The fourth-order valence-corrected chi connectivity index (χ4v) is 4.36. The predicted octanol–water partition coefficient (Wildman–Crippen LogP) is 3.42. The number of carboxylic acids is 1. The molecule has 1 aliphatic heterocycles. The molecule has 1 saturated carbocycles. The standard InChI is InChI=1S/C23H22FN3O4/c1-2-31-22-16(11-3-4-12-8-26-9-13(12)7-11)18(24)19(25)17-20(22)27(14-5-6-14)10-15(21(17)28)23(29)30/h3-4,7,10,14,26H,2,5-6,8-9,25H2,1H3,(H,29,30). The lowest BCUT2D eigenvalue weighted by Gasteiger charge is -2.21. The third kappa shape index (κ3) is 2.97. The van der Waals surface area contributed by atoms with Gasteiger partial charge in [-0.1, -0.05) is 12.1 Å². The molecule has 31 heavy (non-hydrogen) atoms. The second-order valence-corrected chi connectivity index (χ2v) is 7.99. The summed E-state index contributed by atoms with van der Waals surface area (Å²) in [6, 6.07) is 5.69. The van der Waals surface area contributed by atoms with E-state index in [1.807, 2.05) is 18.2 Å². The number of carboxylic acid groups (broad SMARTS) is 1. The summed E-state index contributed by atoms with van der Waals surface area (Å²) in [5.74, 6) is -1.92. The molecule has 0 saturated heterocycles. The van der Waals surface area contributed by atoms with Gasteiger partial charge in [-0.2, -0.15) is 0 Å². The number of pyridine rings is 1. The number of nitrogens with one attached hydrogen (secondary N) is 1. The molecule has 1 fully saturated rings. The van der Waals surface area contributed by atoms with Crippen molar-refractivity contribution in [3.8, 4) is 16.9 Å². The van der Waals surface area contributed by atoms with Crippen LogP contribution in [0.3, 0.4) is 0 Å². The fourth-order valence-electron chi connectivity index (χ4n) is 4.36. The Bertz CT molecular complexity index is 1310. The zero-order chi connectivity index (χ0) is 21.9. The zero-order valence-electron chi connectivity index (χ0n) is 17.0. The fraction of sp³-hybridized carbons (Fsp3) is 0.304. The number of anilines is 1. The molecule has 2 heterocycles. The van der Waals surface area contributed by atoms with E-state index in [1.54, 1.807) is 11.5 Å². The SMILES string of the molecule is CCOc1c(-c2ccc3c(c2)CNC3)c(F)c(N)c2c(=O)c(C(=O)O)cn(C3CC3)c12. The van der Waals surface area contributed by atoms with Gasteiger partial charge in [0, 0.05) is 25.3 Å². The molecule has 7 nitrogen and oxygen atoms in total. The van der Waals surface area contributed by atoms with E-state index in [0.717, 1.165) is 30.5 Å². The van der Waals surface area contributed by atoms with Crippen molar-refractivity contribution in [2.24, 2.45) is 0 Å². The summed E-state index contributed by atoms with van der Waals surface area (Å²) >= 11 is 0. The van der Waals surface area contributed by atoms with Crippen molar-refractivity contribution >= 4 is 22.6 Å². The van der Waals surface area contributed by atoms with Crippen molar-refractivity contribution in [2.45, 2.75) is 38.9 Å². The van der Waals surface area contributed by atoms with Crippen LogP contribution in [0.5, 0.6) is 5.75 Å². The molecular formula is C23H22FN3O4. The van der Waals surface area contributed by atoms with E-state index in [-0.39, 0.29) is 35.0 Å². The molecule has 1 aliphatic carbocycles. The normalized spacial score (nSPS) is 15.3. The van der Waals surface area contributed by atoms with E-state index in [4.69, 9.17) is 10.5 Å². The summed E-state index contributed by atoms with van der Waals surface area (Å²) in [7, 11) is 0. The summed E-state index contributed by atoms with van der Waals surface area (Å²) in [6.07, 6.45) is 3.00. The maximum atomic E-state index is 15.7. The monoisotopic (exact) mass is 423 g/mol. The number of nitrogen functional groups attached to an aromatic ring is 1. The molecule has 4 N–H and O–H groups in total. The molecule has 0 atom stereocenters. The first-order chi connectivity index (χ1) is 14.9. The molecule has 2 aromatic carbocycles. The van der Waals surface area contributed by atoms with Gasteiger partial charge in [0.2, 0.25) is 5.43 Å². The molecule has 8 heteroatoms. The Morgan fingerprint density at radius 1 is 1.32 bits per heavy atom. The Hall–Kier alpha value is -3.39. The number of halogens is 1. The number of nitrogens with two attached hydrogens (primary N) is 1. The van der Waals surface area contributed by atoms with Crippen LogP contribution in [0, 0.1) is 5.82 Å². The van der Waals surface area contributed by atoms with Gasteiger partial charge in [-0.25, -0.2) is 9.18 Å². The van der Waals surface area contributed by atoms with Crippen molar-refractivity contribution in [3.05, 3.63) is 57.1 Å². The second kappa shape index (κ2) is 7.09. The van der Waals surface area contributed by atoms with Gasteiger partial charge in [0.25, 0.3) is 0 Å². The smallest absolute Gasteiger partial charge is 0.341 e. The number of aromatic nitrogens is 1. The van der Waals surface area contributed by atoms with E-state index in [1.165, 1.54) is 6.20 Å². The Morgan fingerprint density at radius 2 is 2.06 bits per heavy atom. The van der Waals surface area contributed by atoms with Gasteiger partial charge in [0.05, 0.1) is 28.8 Å². The van der Waals surface area contributed by atoms with Crippen molar-refractivity contribution < 1.29 is 19.0 Å². The minimum atomic E-state index is -1.37. The highest BCUT2D eigenvalue weighted by Crippen LogP contribution is 2.46. The van der Waals surface area contributed by atoms with E-state index in [9.17, 15) is 14.7 Å².